The van der Waals surface area contributed by atoms with Gasteiger partial charge in [-0.15, -0.1) is 0 Å². The molecule has 1 saturated heterocycles. The zero-order chi connectivity index (χ0) is 27.6. The highest BCUT2D eigenvalue weighted by atomic mass is 16.5. The molecule has 2 aromatic carbocycles. The molecule has 2 unspecified atom stereocenters. The largest absolute Gasteiger partial charge is 0.420 e. The van der Waals surface area contributed by atoms with Crippen molar-refractivity contribution in [3.05, 3.63) is 58.6 Å². The molecule has 0 bridgehead atoms. The number of carbonyl (C=O) groups is 2. The number of carbonyl (C=O) groups excluding carboxylic acids is 2. The van der Waals surface area contributed by atoms with Crippen LogP contribution in [0.3, 0.4) is 0 Å². The predicted octanol–water partition coefficient (Wildman–Crippen LogP) is 1.34. The van der Waals surface area contributed by atoms with Gasteiger partial charge < -0.3 is 29.8 Å². The molecule has 3 N–H and O–H groups in total. The Morgan fingerprint density at radius 1 is 1.21 bits per heavy atom. The molecular weight excluding hydrogens is 502 g/mol. The number of oxazole rings is 1. The first-order valence-corrected chi connectivity index (χ1v) is 13.0. The third-order valence-electron chi connectivity index (χ3n) is 6.52. The second kappa shape index (κ2) is 13.7. The standard InChI is InChI=1S/C28H33N5O6/c1-30-26(34)9-13-37-14-11-33-23-16-21(7-8-24(23)39-28(33)36)20-5-3-19(4-6-20)15-22(17-29)32-27(35)25-18-31-10-2-12-38-25/h3-8,16,22,25,31H,2,9-15,18H2,1H3,(H,30,34)(H,32,35). The van der Waals surface area contributed by atoms with Crippen LogP contribution in [0.25, 0.3) is 22.2 Å². The van der Waals surface area contributed by atoms with Crippen LogP contribution in [0.4, 0.5) is 0 Å². The van der Waals surface area contributed by atoms with E-state index < -0.39 is 17.9 Å². The smallest absolute Gasteiger partial charge is 0.408 e. The number of fused-ring (bicyclic) bond motifs is 1. The molecule has 0 aliphatic carbocycles. The van der Waals surface area contributed by atoms with Crippen LogP contribution in [-0.2, 0) is 32.0 Å². The molecule has 2 amide bonds. The molecule has 11 nitrogen and oxygen atoms in total. The van der Waals surface area contributed by atoms with Crippen molar-refractivity contribution in [2.24, 2.45) is 0 Å². The molecule has 1 aromatic heterocycles. The zero-order valence-corrected chi connectivity index (χ0v) is 21.9. The van der Waals surface area contributed by atoms with Gasteiger partial charge >= 0.3 is 5.76 Å². The number of nitriles is 1. The van der Waals surface area contributed by atoms with Gasteiger partial charge in [0.2, 0.25) is 5.91 Å². The summed E-state index contributed by atoms with van der Waals surface area (Å²) in [6.45, 7) is 2.58. The number of amides is 2. The average Bonchev–Trinajstić information content (AvgIpc) is 3.10. The van der Waals surface area contributed by atoms with E-state index in [4.69, 9.17) is 13.9 Å². The lowest BCUT2D eigenvalue weighted by molar-refractivity contribution is -0.132. The zero-order valence-electron chi connectivity index (χ0n) is 21.9. The third kappa shape index (κ3) is 7.54. The Bertz CT molecular complexity index is 1370. The maximum atomic E-state index is 12.5. The minimum Gasteiger partial charge on any atom is -0.408 e. The lowest BCUT2D eigenvalue weighted by Crippen LogP contribution is -2.46. The van der Waals surface area contributed by atoms with Crippen molar-refractivity contribution in [2.75, 3.05) is 40.0 Å². The maximum absolute atomic E-state index is 12.5. The van der Waals surface area contributed by atoms with E-state index in [1.165, 1.54) is 4.57 Å². The monoisotopic (exact) mass is 535 g/mol. The van der Waals surface area contributed by atoms with E-state index in [0.29, 0.717) is 37.2 Å². The molecular formula is C28H33N5O6. The van der Waals surface area contributed by atoms with Crippen LogP contribution in [0, 0.1) is 11.3 Å². The van der Waals surface area contributed by atoms with Crippen molar-refractivity contribution < 1.29 is 23.5 Å². The van der Waals surface area contributed by atoms with Gasteiger partial charge in [0.25, 0.3) is 5.91 Å². The van der Waals surface area contributed by atoms with Crippen LogP contribution >= 0.6 is 0 Å². The summed E-state index contributed by atoms with van der Waals surface area (Å²) in [5.41, 5.74) is 3.86. The molecule has 1 aliphatic rings. The Hall–Kier alpha value is -3.98. The van der Waals surface area contributed by atoms with Gasteiger partial charge in [0.05, 0.1) is 31.3 Å². The third-order valence-corrected chi connectivity index (χ3v) is 6.52. The summed E-state index contributed by atoms with van der Waals surface area (Å²) in [6.07, 6.45) is 0.863. The molecule has 39 heavy (non-hydrogen) atoms. The number of benzene rings is 2. The number of nitrogens with one attached hydrogen (secondary N) is 3. The van der Waals surface area contributed by atoms with Crippen LogP contribution in [0.2, 0.25) is 0 Å². The summed E-state index contributed by atoms with van der Waals surface area (Å²) in [7, 11) is 1.57. The van der Waals surface area contributed by atoms with Gasteiger partial charge in [0, 0.05) is 33.0 Å². The fourth-order valence-electron chi connectivity index (χ4n) is 4.35. The molecule has 0 saturated carbocycles. The van der Waals surface area contributed by atoms with E-state index in [9.17, 15) is 19.6 Å². The highest BCUT2D eigenvalue weighted by Crippen LogP contribution is 2.25. The van der Waals surface area contributed by atoms with Crippen LogP contribution in [0.1, 0.15) is 18.4 Å². The van der Waals surface area contributed by atoms with Crippen molar-refractivity contribution >= 4 is 22.9 Å². The van der Waals surface area contributed by atoms with Crippen molar-refractivity contribution in [2.45, 2.75) is 38.0 Å². The molecule has 2 atom stereocenters. The number of rotatable bonds is 11. The quantitative estimate of drug-likeness (QED) is 0.312. The van der Waals surface area contributed by atoms with Gasteiger partial charge in [-0.05, 0) is 41.8 Å². The minimum atomic E-state index is -0.675. The molecule has 0 spiro atoms. The summed E-state index contributed by atoms with van der Waals surface area (Å²) in [6, 6.07) is 14.7. The molecule has 1 fully saturated rings. The van der Waals surface area contributed by atoms with E-state index in [2.05, 4.69) is 22.0 Å². The Morgan fingerprint density at radius 2 is 2.00 bits per heavy atom. The fraction of sp³-hybridized carbons (Fsp3) is 0.429. The van der Waals surface area contributed by atoms with E-state index in [0.717, 1.165) is 29.7 Å². The first-order valence-electron chi connectivity index (χ1n) is 13.0. The van der Waals surface area contributed by atoms with E-state index >= 15 is 0 Å². The predicted molar refractivity (Wildman–Crippen MR) is 144 cm³/mol. The van der Waals surface area contributed by atoms with Crippen molar-refractivity contribution in [1.29, 1.82) is 5.26 Å². The van der Waals surface area contributed by atoms with Crippen LogP contribution in [0.5, 0.6) is 0 Å². The number of nitrogens with zero attached hydrogens (tertiary/aromatic N) is 2. The van der Waals surface area contributed by atoms with Crippen LogP contribution in [0.15, 0.2) is 51.7 Å². The Morgan fingerprint density at radius 3 is 2.77 bits per heavy atom. The summed E-state index contributed by atoms with van der Waals surface area (Å²) >= 11 is 0. The maximum Gasteiger partial charge on any atom is 0.420 e. The summed E-state index contributed by atoms with van der Waals surface area (Å²) in [4.78, 5) is 36.2. The molecule has 2 heterocycles. The van der Waals surface area contributed by atoms with Crippen LogP contribution < -0.4 is 21.7 Å². The molecule has 0 radical (unpaired) electrons. The number of ether oxygens (including phenoxy) is 2. The molecule has 3 aromatic rings. The van der Waals surface area contributed by atoms with Crippen molar-refractivity contribution in [1.82, 2.24) is 20.5 Å². The normalized spacial score (nSPS) is 16.3. The van der Waals surface area contributed by atoms with Crippen LogP contribution in [-0.4, -0.2) is 68.5 Å². The Kier molecular flexibility index (Phi) is 9.85. The Balaban J connectivity index is 1.39. The number of hydrogen-bond donors (Lipinski definition) is 3. The molecule has 1 aliphatic heterocycles. The summed E-state index contributed by atoms with van der Waals surface area (Å²) in [5, 5.41) is 18.1. The number of aromatic nitrogens is 1. The van der Waals surface area contributed by atoms with Gasteiger partial charge in [-0.1, -0.05) is 30.3 Å². The number of hydrogen-bond acceptors (Lipinski definition) is 8. The highest BCUT2D eigenvalue weighted by Gasteiger charge is 2.23. The van der Waals surface area contributed by atoms with E-state index in [1.54, 1.807) is 13.1 Å². The lowest BCUT2D eigenvalue weighted by atomic mass is 10.0. The molecule has 4 rings (SSSR count). The van der Waals surface area contributed by atoms with Crippen molar-refractivity contribution in [3.8, 4) is 17.2 Å². The van der Waals surface area contributed by atoms with Gasteiger partial charge in [0.1, 0.15) is 12.1 Å². The Labute approximate surface area is 226 Å². The van der Waals surface area contributed by atoms with Gasteiger partial charge in [-0.3, -0.25) is 14.2 Å². The summed E-state index contributed by atoms with van der Waals surface area (Å²) in [5.74, 6) is -0.864. The van der Waals surface area contributed by atoms with Gasteiger partial charge in [-0.2, -0.15) is 5.26 Å². The second-order valence-electron chi connectivity index (χ2n) is 9.25. The van der Waals surface area contributed by atoms with E-state index in [-0.39, 0.29) is 31.4 Å². The fourth-order valence-corrected chi connectivity index (χ4v) is 4.35. The molecule has 206 valence electrons. The SMILES string of the molecule is CNC(=O)CCOCCn1c(=O)oc2ccc(-c3ccc(CC(C#N)NC(=O)C4CNCCCO4)cc3)cc21. The average molecular weight is 536 g/mol. The van der Waals surface area contributed by atoms with Crippen molar-refractivity contribution in [3.63, 3.8) is 0 Å². The summed E-state index contributed by atoms with van der Waals surface area (Å²) < 4.78 is 18.0. The first kappa shape index (κ1) is 28.0. The van der Waals surface area contributed by atoms with Gasteiger partial charge in [-0.25, -0.2) is 4.79 Å². The highest BCUT2D eigenvalue weighted by molar-refractivity contribution is 5.82. The minimum absolute atomic E-state index is 0.105. The first-order chi connectivity index (χ1) is 19.0. The topological polar surface area (TPSA) is 148 Å². The van der Waals surface area contributed by atoms with Gasteiger partial charge in [0.15, 0.2) is 5.58 Å². The lowest BCUT2D eigenvalue weighted by Gasteiger charge is -2.18. The molecule has 11 heteroatoms. The van der Waals surface area contributed by atoms with E-state index in [1.807, 2.05) is 36.4 Å². The second-order valence-corrected chi connectivity index (χ2v) is 9.25.